The van der Waals surface area contributed by atoms with Gasteiger partial charge in [0, 0.05) is 55.3 Å². The summed E-state index contributed by atoms with van der Waals surface area (Å²) in [5.41, 5.74) is 3.40. The van der Waals surface area contributed by atoms with Crippen LogP contribution in [0.1, 0.15) is 34.0 Å². The number of nitrogens with zero attached hydrogens (tertiary/aromatic N) is 2. The van der Waals surface area contributed by atoms with Gasteiger partial charge < -0.3 is 14.4 Å². The van der Waals surface area contributed by atoms with Crippen molar-refractivity contribution in [3.05, 3.63) is 75.1 Å². The van der Waals surface area contributed by atoms with Crippen molar-refractivity contribution in [2.45, 2.75) is 26.8 Å². The number of carbonyl (C=O) groups is 1. The minimum Gasteiger partial charge on any atom is -0.508 e. The lowest BCUT2D eigenvalue weighted by molar-refractivity contribution is 0.0629. The van der Waals surface area contributed by atoms with E-state index in [1.165, 1.54) is 11.6 Å². The van der Waals surface area contributed by atoms with Crippen LogP contribution in [0.3, 0.4) is 0 Å². The first-order chi connectivity index (χ1) is 14.5. The van der Waals surface area contributed by atoms with E-state index in [0.29, 0.717) is 30.8 Å². The standard InChI is InChI=1S/C24H26N2O4/c1-3-17-4-6-18(7-5-17)24(29)26-12-10-25(11-13-26)15-19-14-22(28)30-23-16(2)21(27)9-8-20(19)23/h4-9,14,27H,3,10-13,15H2,1-2H3. The summed E-state index contributed by atoms with van der Waals surface area (Å²) in [6.07, 6.45) is 0.957. The van der Waals surface area contributed by atoms with E-state index in [4.69, 9.17) is 4.42 Å². The molecule has 30 heavy (non-hydrogen) atoms. The topological polar surface area (TPSA) is 74.0 Å². The van der Waals surface area contributed by atoms with Crippen LogP contribution in [-0.4, -0.2) is 47.0 Å². The van der Waals surface area contributed by atoms with Gasteiger partial charge in [0.05, 0.1) is 0 Å². The number of benzene rings is 2. The van der Waals surface area contributed by atoms with Crippen molar-refractivity contribution in [3.63, 3.8) is 0 Å². The van der Waals surface area contributed by atoms with E-state index in [-0.39, 0.29) is 11.7 Å². The van der Waals surface area contributed by atoms with Gasteiger partial charge in [-0.3, -0.25) is 9.69 Å². The van der Waals surface area contributed by atoms with Crippen molar-refractivity contribution >= 4 is 16.9 Å². The Balaban J connectivity index is 1.45. The molecule has 2 aromatic carbocycles. The summed E-state index contributed by atoms with van der Waals surface area (Å²) in [4.78, 5) is 28.9. The van der Waals surface area contributed by atoms with E-state index in [2.05, 4.69) is 11.8 Å². The molecule has 1 aromatic heterocycles. The molecule has 1 saturated heterocycles. The number of hydrogen-bond acceptors (Lipinski definition) is 5. The second-order valence-electron chi connectivity index (χ2n) is 7.80. The third-order valence-electron chi connectivity index (χ3n) is 5.88. The number of rotatable bonds is 4. The van der Waals surface area contributed by atoms with Crippen molar-refractivity contribution in [1.29, 1.82) is 0 Å². The summed E-state index contributed by atoms with van der Waals surface area (Å²) in [6.45, 7) is 7.19. The van der Waals surface area contributed by atoms with E-state index in [1.54, 1.807) is 19.1 Å². The van der Waals surface area contributed by atoms with Crippen molar-refractivity contribution in [3.8, 4) is 5.75 Å². The molecule has 0 saturated carbocycles. The van der Waals surface area contributed by atoms with Gasteiger partial charge in [0.2, 0.25) is 0 Å². The van der Waals surface area contributed by atoms with Gasteiger partial charge >= 0.3 is 5.63 Å². The molecular weight excluding hydrogens is 380 g/mol. The maximum atomic E-state index is 12.8. The van der Waals surface area contributed by atoms with Gasteiger partial charge in [-0.25, -0.2) is 4.79 Å². The second-order valence-corrected chi connectivity index (χ2v) is 7.80. The lowest BCUT2D eigenvalue weighted by atomic mass is 10.1. The fraction of sp³-hybridized carbons (Fsp3) is 0.333. The van der Waals surface area contributed by atoms with Crippen molar-refractivity contribution < 1.29 is 14.3 Å². The van der Waals surface area contributed by atoms with E-state index in [9.17, 15) is 14.7 Å². The lowest BCUT2D eigenvalue weighted by Crippen LogP contribution is -2.48. The van der Waals surface area contributed by atoms with Crippen LogP contribution in [-0.2, 0) is 13.0 Å². The number of amides is 1. The summed E-state index contributed by atoms with van der Waals surface area (Å²) in [7, 11) is 0. The highest BCUT2D eigenvalue weighted by atomic mass is 16.4. The van der Waals surface area contributed by atoms with Crippen LogP contribution in [0, 0.1) is 6.92 Å². The maximum Gasteiger partial charge on any atom is 0.336 e. The summed E-state index contributed by atoms with van der Waals surface area (Å²) >= 11 is 0. The van der Waals surface area contributed by atoms with Gasteiger partial charge in [0.25, 0.3) is 5.91 Å². The van der Waals surface area contributed by atoms with Crippen LogP contribution in [0.4, 0.5) is 0 Å². The van der Waals surface area contributed by atoms with E-state index in [0.717, 1.165) is 36.0 Å². The van der Waals surface area contributed by atoms with Crippen LogP contribution < -0.4 is 5.63 Å². The number of phenolic OH excluding ortho intramolecular Hbond substituents is 1. The van der Waals surface area contributed by atoms with E-state index in [1.807, 2.05) is 29.2 Å². The third-order valence-corrected chi connectivity index (χ3v) is 5.88. The normalized spacial score (nSPS) is 14.9. The molecule has 1 aliphatic rings. The van der Waals surface area contributed by atoms with Gasteiger partial charge in [-0.1, -0.05) is 19.1 Å². The Bertz CT molecular complexity index is 1130. The Morgan fingerprint density at radius 1 is 1.07 bits per heavy atom. The molecule has 1 amide bonds. The van der Waals surface area contributed by atoms with Gasteiger partial charge in [-0.05, 0) is 48.7 Å². The lowest BCUT2D eigenvalue weighted by Gasteiger charge is -2.35. The molecule has 156 valence electrons. The predicted octanol–water partition coefficient (Wildman–Crippen LogP) is 3.33. The molecule has 0 aliphatic carbocycles. The molecule has 0 bridgehead atoms. The zero-order chi connectivity index (χ0) is 21.3. The van der Waals surface area contributed by atoms with Crippen LogP contribution >= 0.6 is 0 Å². The molecule has 0 radical (unpaired) electrons. The molecule has 6 heteroatoms. The summed E-state index contributed by atoms with van der Waals surface area (Å²) in [5, 5.41) is 10.7. The highest BCUT2D eigenvalue weighted by Gasteiger charge is 2.23. The summed E-state index contributed by atoms with van der Waals surface area (Å²) < 4.78 is 5.33. The van der Waals surface area contributed by atoms with Gasteiger partial charge in [0.15, 0.2) is 0 Å². The number of fused-ring (bicyclic) bond motifs is 1. The highest BCUT2D eigenvalue weighted by molar-refractivity contribution is 5.94. The highest BCUT2D eigenvalue weighted by Crippen LogP contribution is 2.28. The van der Waals surface area contributed by atoms with Crippen LogP contribution in [0.15, 0.2) is 51.7 Å². The molecule has 0 atom stereocenters. The summed E-state index contributed by atoms with van der Waals surface area (Å²) in [5.74, 6) is 0.177. The summed E-state index contributed by atoms with van der Waals surface area (Å²) in [6, 6.07) is 12.8. The molecule has 0 spiro atoms. The Morgan fingerprint density at radius 3 is 2.43 bits per heavy atom. The first-order valence-corrected chi connectivity index (χ1v) is 10.3. The average molecular weight is 406 g/mol. The number of aromatic hydroxyl groups is 1. The fourth-order valence-electron chi connectivity index (χ4n) is 3.96. The van der Waals surface area contributed by atoms with Crippen molar-refractivity contribution in [2.75, 3.05) is 26.2 Å². The molecule has 6 nitrogen and oxygen atoms in total. The Morgan fingerprint density at radius 2 is 1.77 bits per heavy atom. The largest absolute Gasteiger partial charge is 0.508 e. The van der Waals surface area contributed by atoms with Crippen molar-refractivity contribution in [2.24, 2.45) is 0 Å². The second kappa shape index (κ2) is 8.32. The van der Waals surface area contributed by atoms with Crippen LogP contribution in [0.2, 0.25) is 0 Å². The minimum atomic E-state index is -0.421. The molecule has 1 N–H and O–H groups in total. The number of hydrogen-bond donors (Lipinski definition) is 1. The zero-order valence-electron chi connectivity index (χ0n) is 17.4. The molecule has 1 aliphatic heterocycles. The van der Waals surface area contributed by atoms with Crippen LogP contribution in [0.5, 0.6) is 5.75 Å². The van der Waals surface area contributed by atoms with E-state index >= 15 is 0 Å². The molecular formula is C24H26N2O4. The quantitative estimate of drug-likeness (QED) is 0.673. The first kappa shape index (κ1) is 20.2. The minimum absolute atomic E-state index is 0.0641. The maximum absolute atomic E-state index is 12.8. The monoisotopic (exact) mass is 406 g/mol. The molecule has 4 rings (SSSR count). The Hall–Kier alpha value is -3.12. The molecule has 0 unspecified atom stereocenters. The third kappa shape index (κ3) is 3.96. The SMILES string of the molecule is CCc1ccc(C(=O)N2CCN(Cc3cc(=O)oc4c(C)c(O)ccc34)CC2)cc1. The smallest absolute Gasteiger partial charge is 0.336 e. The Kier molecular flexibility index (Phi) is 5.59. The molecule has 2 heterocycles. The fourth-order valence-corrected chi connectivity index (χ4v) is 3.96. The molecule has 1 fully saturated rings. The van der Waals surface area contributed by atoms with Gasteiger partial charge in [-0.2, -0.15) is 0 Å². The predicted molar refractivity (Wildman–Crippen MR) is 116 cm³/mol. The van der Waals surface area contributed by atoms with E-state index < -0.39 is 5.63 Å². The number of carbonyl (C=O) groups excluding carboxylic acids is 1. The Labute approximate surface area is 175 Å². The number of aryl methyl sites for hydroxylation is 2. The first-order valence-electron chi connectivity index (χ1n) is 10.3. The zero-order valence-corrected chi connectivity index (χ0v) is 17.4. The average Bonchev–Trinajstić information content (AvgIpc) is 2.76. The van der Waals surface area contributed by atoms with Crippen molar-refractivity contribution in [1.82, 2.24) is 9.80 Å². The number of piperazine rings is 1. The number of phenols is 1. The van der Waals surface area contributed by atoms with Crippen LogP contribution in [0.25, 0.3) is 11.0 Å². The van der Waals surface area contributed by atoms with Gasteiger partial charge in [-0.15, -0.1) is 0 Å². The molecule has 3 aromatic rings. The van der Waals surface area contributed by atoms with Gasteiger partial charge in [0.1, 0.15) is 11.3 Å².